The number of anilines is 2. The average Bonchev–Trinajstić information content (AvgIpc) is 3.32. The maximum atomic E-state index is 13.7. The van der Waals surface area contributed by atoms with Crippen LogP contribution in [0.5, 0.6) is 5.75 Å². The Balaban J connectivity index is 1.29. The predicted octanol–water partition coefficient (Wildman–Crippen LogP) is 5.31. The second kappa shape index (κ2) is 10.2. The van der Waals surface area contributed by atoms with Gasteiger partial charge in [0, 0.05) is 45.6 Å². The maximum absolute atomic E-state index is 13.7. The molecule has 0 bridgehead atoms. The third-order valence-electron chi connectivity index (χ3n) is 7.47. The number of alkyl halides is 2. The number of hydrogen-bond donors (Lipinski definition) is 1. The van der Waals surface area contributed by atoms with E-state index in [0.717, 1.165) is 32.3 Å². The SMILES string of the molecule is COc1cccc([C@H](C)NC(=O)N2CCN(c3ncnc4cc(N5CCC(F)(F)CC5)sc34)CC2(C)C)c1. The summed E-state index contributed by atoms with van der Waals surface area (Å²) in [5.74, 6) is -1.00. The molecule has 1 atom stereocenters. The van der Waals surface area contributed by atoms with E-state index in [2.05, 4.69) is 34.0 Å². The number of rotatable bonds is 5. The molecule has 38 heavy (non-hydrogen) atoms. The van der Waals surface area contributed by atoms with Crippen molar-refractivity contribution in [3.8, 4) is 5.75 Å². The molecule has 3 aromatic rings. The number of nitrogens with zero attached hydrogens (tertiary/aromatic N) is 5. The number of nitrogens with one attached hydrogen (secondary N) is 1. The molecule has 5 rings (SSSR count). The van der Waals surface area contributed by atoms with Gasteiger partial charge in [-0.05, 0) is 44.5 Å². The topological polar surface area (TPSA) is 73.8 Å². The quantitative estimate of drug-likeness (QED) is 0.470. The fraction of sp³-hybridized carbons (Fsp3) is 0.519. The molecule has 204 valence electrons. The molecule has 1 N–H and O–H groups in total. The van der Waals surface area contributed by atoms with Crippen LogP contribution in [0.3, 0.4) is 0 Å². The van der Waals surface area contributed by atoms with Crippen LogP contribution in [-0.4, -0.2) is 72.2 Å². The Morgan fingerprint density at radius 2 is 1.87 bits per heavy atom. The minimum absolute atomic E-state index is 0.113. The highest BCUT2D eigenvalue weighted by molar-refractivity contribution is 7.23. The second-order valence-corrected chi connectivity index (χ2v) is 11.7. The zero-order valence-electron chi connectivity index (χ0n) is 22.2. The third kappa shape index (κ3) is 5.34. The predicted molar refractivity (Wildman–Crippen MR) is 147 cm³/mol. The molecule has 2 fully saturated rings. The summed E-state index contributed by atoms with van der Waals surface area (Å²) in [6.07, 6.45) is 1.29. The van der Waals surface area contributed by atoms with Gasteiger partial charge in [0.15, 0.2) is 0 Å². The summed E-state index contributed by atoms with van der Waals surface area (Å²) in [5.41, 5.74) is 1.34. The second-order valence-electron chi connectivity index (χ2n) is 10.7. The highest BCUT2D eigenvalue weighted by Gasteiger charge is 2.39. The smallest absolute Gasteiger partial charge is 0.318 e. The number of benzene rings is 1. The van der Waals surface area contributed by atoms with Gasteiger partial charge in [-0.25, -0.2) is 23.5 Å². The van der Waals surface area contributed by atoms with Crippen LogP contribution in [0.25, 0.3) is 10.2 Å². The molecule has 0 saturated carbocycles. The van der Waals surface area contributed by atoms with Gasteiger partial charge >= 0.3 is 6.03 Å². The molecule has 0 unspecified atom stereocenters. The van der Waals surface area contributed by atoms with E-state index < -0.39 is 11.5 Å². The molecule has 0 spiro atoms. The standard InChI is InChI=1S/C27H34F2N6O2S/c1-18(19-6-5-7-20(14-19)37-4)32-25(36)35-13-12-34(16-26(35,2)3)24-23-21(30-17-31-24)15-22(38-23)33-10-8-27(28,29)9-11-33/h5-7,14-15,17-18H,8-13,16H2,1-4H3,(H,32,36)/t18-/m0/s1. The van der Waals surface area contributed by atoms with Crippen molar-refractivity contribution < 1.29 is 18.3 Å². The summed E-state index contributed by atoms with van der Waals surface area (Å²) in [4.78, 5) is 28.5. The molecule has 2 aliphatic heterocycles. The van der Waals surface area contributed by atoms with Crippen LogP contribution < -0.4 is 19.9 Å². The maximum Gasteiger partial charge on any atom is 0.318 e. The minimum Gasteiger partial charge on any atom is -0.497 e. The van der Waals surface area contributed by atoms with Crippen LogP contribution in [0.2, 0.25) is 0 Å². The van der Waals surface area contributed by atoms with Crippen molar-refractivity contribution in [2.75, 3.05) is 49.6 Å². The molecule has 2 amide bonds. The van der Waals surface area contributed by atoms with Gasteiger partial charge in [0.2, 0.25) is 0 Å². The summed E-state index contributed by atoms with van der Waals surface area (Å²) in [6.45, 7) is 8.50. The lowest BCUT2D eigenvalue weighted by atomic mass is 9.99. The minimum atomic E-state index is -2.58. The molecular weight excluding hydrogens is 510 g/mol. The molecule has 2 aromatic heterocycles. The van der Waals surface area contributed by atoms with E-state index >= 15 is 0 Å². The Bertz CT molecular complexity index is 1310. The van der Waals surface area contributed by atoms with Gasteiger partial charge in [-0.15, -0.1) is 11.3 Å². The third-order valence-corrected chi connectivity index (χ3v) is 8.65. The van der Waals surface area contributed by atoms with Crippen molar-refractivity contribution in [3.63, 3.8) is 0 Å². The van der Waals surface area contributed by atoms with Crippen molar-refractivity contribution in [3.05, 3.63) is 42.2 Å². The number of thiophene rings is 1. The van der Waals surface area contributed by atoms with E-state index in [1.807, 2.05) is 47.1 Å². The lowest BCUT2D eigenvalue weighted by Crippen LogP contribution is -2.63. The summed E-state index contributed by atoms with van der Waals surface area (Å²) < 4.78 is 33.6. The van der Waals surface area contributed by atoms with Gasteiger partial charge in [-0.1, -0.05) is 12.1 Å². The number of halogens is 2. The molecule has 0 radical (unpaired) electrons. The monoisotopic (exact) mass is 544 g/mol. The van der Waals surface area contributed by atoms with E-state index in [9.17, 15) is 13.6 Å². The fourth-order valence-corrected chi connectivity index (χ4v) is 6.41. The first-order valence-electron chi connectivity index (χ1n) is 12.9. The van der Waals surface area contributed by atoms with E-state index in [0.29, 0.717) is 32.7 Å². The number of piperazine rings is 1. The number of fused-ring (bicyclic) bond motifs is 1. The number of amides is 2. The van der Waals surface area contributed by atoms with Crippen molar-refractivity contribution in [2.24, 2.45) is 0 Å². The number of carbonyl (C=O) groups excluding carboxylic acids is 1. The molecule has 8 nitrogen and oxygen atoms in total. The van der Waals surface area contributed by atoms with Gasteiger partial charge in [0.05, 0.1) is 33.9 Å². The van der Waals surface area contributed by atoms with Crippen LogP contribution in [0.4, 0.5) is 24.4 Å². The van der Waals surface area contributed by atoms with Crippen LogP contribution in [0, 0.1) is 0 Å². The lowest BCUT2D eigenvalue weighted by Gasteiger charge is -2.47. The Kier molecular flexibility index (Phi) is 7.06. The normalized spacial score (nSPS) is 19.9. The molecule has 2 saturated heterocycles. The van der Waals surface area contributed by atoms with E-state index in [-0.39, 0.29) is 24.9 Å². The van der Waals surface area contributed by atoms with Crippen LogP contribution >= 0.6 is 11.3 Å². The number of urea groups is 1. The van der Waals surface area contributed by atoms with E-state index in [1.165, 1.54) is 0 Å². The van der Waals surface area contributed by atoms with E-state index in [1.54, 1.807) is 24.8 Å². The van der Waals surface area contributed by atoms with Crippen molar-refractivity contribution >= 4 is 38.4 Å². The van der Waals surface area contributed by atoms with Crippen molar-refractivity contribution in [1.29, 1.82) is 0 Å². The number of hydrogen-bond acceptors (Lipinski definition) is 7. The lowest BCUT2D eigenvalue weighted by molar-refractivity contribution is -0.0219. The first-order valence-corrected chi connectivity index (χ1v) is 13.7. The highest BCUT2D eigenvalue weighted by atomic mass is 32.1. The van der Waals surface area contributed by atoms with Gasteiger partial charge in [-0.3, -0.25) is 0 Å². The molecule has 0 aliphatic carbocycles. The van der Waals surface area contributed by atoms with Crippen molar-refractivity contribution in [2.45, 2.75) is 51.1 Å². The van der Waals surface area contributed by atoms with Crippen LogP contribution in [0.15, 0.2) is 36.7 Å². The van der Waals surface area contributed by atoms with E-state index in [4.69, 9.17) is 4.74 Å². The Labute approximate surface area is 225 Å². The molecule has 1 aromatic carbocycles. The number of carbonyl (C=O) groups is 1. The molecule has 11 heteroatoms. The summed E-state index contributed by atoms with van der Waals surface area (Å²) >= 11 is 1.55. The molecule has 4 heterocycles. The summed E-state index contributed by atoms with van der Waals surface area (Å²) in [7, 11) is 1.63. The number of aromatic nitrogens is 2. The largest absolute Gasteiger partial charge is 0.497 e. The van der Waals surface area contributed by atoms with Crippen LogP contribution in [0.1, 0.15) is 45.2 Å². The number of ether oxygens (including phenoxy) is 1. The first-order chi connectivity index (χ1) is 18.1. The zero-order chi connectivity index (χ0) is 27.1. The van der Waals surface area contributed by atoms with Gasteiger partial charge < -0.3 is 24.8 Å². The van der Waals surface area contributed by atoms with Crippen molar-refractivity contribution in [1.82, 2.24) is 20.2 Å². The number of piperidine rings is 1. The Hall–Kier alpha value is -3.21. The van der Waals surface area contributed by atoms with Crippen LogP contribution in [-0.2, 0) is 0 Å². The molecular formula is C27H34F2N6O2S. The zero-order valence-corrected chi connectivity index (χ0v) is 23.0. The van der Waals surface area contributed by atoms with Gasteiger partial charge in [0.25, 0.3) is 5.92 Å². The van der Waals surface area contributed by atoms with Gasteiger partial charge in [-0.2, -0.15) is 0 Å². The average molecular weight is 545 g/mol. The summed E-state index contributed by atoms with van der Waals surface area (Å²) in [5, 5.41) is 4.08. The fourth-order valence-electron chi connectivity index (χ4n) is 5.23. The Morgan fingerprint density at radius 3 is 2.58 bits per heavy atom. The van der Waals surface area contributed by atoms with Gasteiger partial charge in [0.1, 0.15) is 17.9 Å². The number of methoxy groups -OCH3 is 1. The first kappa shape index (κ1) is 26.4. The summed E-state index contributed by atoms with van der Waals surface area (Å²) in [6, 6.07) is 9.39. The Morgan fingerprint density at radius 1 is 1.11 bits per heavy atom. The highest BCUT2D eigenvalue weighted by Crippen LogP contribution is 2.40. The molecule has 2 aliphatic rings.